The van der Waals surface area contributed by atoms with Crippen LogP contribution in [-0.2, 0) is 4.74 Å². The number of carbonyl (C=O) groups excluding carboxylic acids is 1. The molecule has 4 nitrogen and oxygen atoms in total. The molecule has 2 aromatic heterocycles. The summed E-state index contributed by atoms with van der Waals surface area (Å²) in [5.74, 6) is -0.845. The lowest BCUT2D eigenvalue weighted by molar-refractivity contribution is 0.0521. The predicted octanol–water partition coefficient (Wildman–Crippen LogP) is 4.33. The zero-order valence-corrected chi connectivity index (χ0v) is 13.0. The Labute approximate surface area is 134 Å². The van der Waals surface area contributed by atoms with Gasteiger partial charge in [0.1, 0.15) is 5.82 Å². The van der Waals surface area contributed by atoms with Gasteiger partial charge in [-0.15, -0.1) is 21.5 Å². The fourth-order valence-corrected chi connectivity index (χ4v) is 3.38. The van der Waals surface area contributed by atoms with Gasteiger partial charge in [-0.25, -0.2) is 9.18 Å². The van der Waals surface area contributed by atoms with E-state index < -0.39 is 5.97 Å². The normalized spacial score (nSPS) is 10.9. The molecule has 0 aliphatic rings. The van der Waals surface area contributed by atoms with Gasteiger partial charge in [0.15, 0.2) is 10.8 Å². The second-order valence-corrected chi connectivity index (χ2v) is 5.83. The smallest absolute Gasteiger partial charge is 0.360 e. The zero-order chi connectivity index (χ0) is 15.7. The van der Waals surface area contributed by atoms with E-state index in [9.17, 15) is 9.18 Å². The van der Waals surface area contributed by atoms with Crippen LogP contribution in [0.3, 0.4) is 0 Å². The van der Waals surface area contributed by atoms with Crippen LogP contribution in [0.5, 0.6) is 0 Å². The van der Waals surface area contributed by atoms with Crippen molar-refractivity contribution in [1.82, 2.24) is 10.2 Å². The topological polar surface area (TPSA) is 52.1 Å². The molecule has 0 atom stereocenters. The Morgan fingerprint density at radius 2 is 2.05 bits per heavy atom. The number of esters is 1. The number of hydrogen-bond donors (Lipinski definition) is 0. The number of nitrogens with zero attached hydrogens (tertiary/aromatic N) is 2. The Hall–Kier alpha value is -2.05. The maximum absolute atomic E-state index is 13.0. The van der Waals surface area contributed by atoms with E-state index in [1.807, 2.05) is 6.07 Å². The Bertz CT molecular complexity index is 849. The van der Waals surface area contributed by atoms with Crippen LogP contribution in [0.4, 0.5) is 4.39 Å². The number of thiophene rings is 1. The predicted molar refractivity (Wildman–Crippen MR) is 83.8 cm³/mol. The molecule has 2 heterocycles. The van der Waals surface area contributed by atoms with Crippen molar-refractivity contribution in [3.8, 4) is 10.4 Å². The highest BCUT2D eigenvalue weighted by molar-refractivity contribution is 7.22. The van der Waals surface area contributed by atoms with E-state index in [-0.39, 0.29) is 23.3 Å². The third-order valence-electron chi connectivity index (χ3n) is 3.00. The molecule has 0 aliphatic carbocycles. The second kappa shape index (κ2) is 5.98. The highest BCUT2D eigenvalue weighted by Crippen LogP contribution is 2.37. The minimum absolute atomic E-state index is 0.139. The van der Waals surface area contributed by atoms with E-state index in [1.165, 1.54) is 23.5 Å². The summed E-state index contributed by atoms with van der Waals surface area (Å²) < 4.78 is 18.6. The quantitative estimate of drug-likeness (QED) is 0.668. The molecule has 0 saturated carbocycles. The van der Waals surface area contributed by atoms with Crippen LogP contribution in [0.25, 0.3) is 20.5 Å². The van der Waals surface area contributed by atoms with Crippen molar-refractivity contribution in [2.24, 2.45) is 0 Å². The lowest BCUT2D eigenvalue weighted by Gasteiger charge is -2.01. The lowest BCUT2D eigenvalue weighted by atomic mass is 10.2. The van der Waals surface area contributed by atoms with Gasteiger partial charge in [0.25, 0.3) is 0 Å². The first-order chi connectivity index (χ1) is 10.6. The van der Waals surface area contributed by atoms with Crippen LogP contribution in [0, 0.1) is 5.82 Å². The molecular weight excluding hydrogens is 327 g/mol. The molecule has 0 unspecified atom stereocenters. The first kappa shape index (κ1) is 14.9. The van der Waals surface area contributed by atoms with Crippen LogP contribution >= 0.6 is 22.9 Å². The summed E-state index contributed by atoms with van der Waals surface area (Å²) in [5.41, 5.74) is 0.966. The van der Waals surface area contributed by atoms with Gasteiger partial charge >= 0.3 is 5.97 Å². The molecule has 0 saturated heterocycles. The maximum atomic E-state index is 13.0. The highest BCUT2D eigenvalue weighted by Gasteiger charge is 2.19. The average Bonchev–Trinajstić information content (AvgIpc) is 2.94. The summed E-state index contributed by atoms with van der Waals surface area (Å²) in [4.78, 5) is 12.8. The fraction of sp³-hybridized carbons (Fsp3) is 0.133. The summed E-state index contributed by atoms with van der Waals surface area (Å²) in [7, 11) is 0. The van der Waals surface area contributed by atoms with E-state index in [1.54, 1.807) is 19.1 Å². The first-order valence-electron chi connectivity index (χ1n) is 6.49. The number of rotatable bonds is 3. The monoisotopic (exact) mass is 336 g/mol. The molecule has 0 bridgehead atoms. The highest BCUT2D eigenvalue weighted by atomic mass is 35.5. The van der Waals surface area contributed by atoms with Crippen molar-refractivity contribution in [3.05, 3.63) is 47.0 Å². The van der Waals surface area contributed by atoms with E-state index >= 15 is 0 Å². The summed E-state index contributed by atoms with van der Waals surface area (Å²) in [6.45, 7) is 1.97. The molecule has 22 heavy (non-hydrogen) atoms. The number of aromatic nitrogens is 2. The van der Waals surface area contributed by atoms with Crippen LogP contribution in [0.15, 0.2) is 30.3 Å². The Morgan fingerprint density at radius 1 is 1.32 bits per heavy atom. The minimum atomic E-state index is -0.538. The van der Waals surface area contributed by atoms with E-state index in [2.05, 4.69) is 10.2 Å². The Morgan fingerprint density at radius 3 is 2.73 bits per heavy atom. The van der Waals surface area contributed by atoms with Gasteiger partial charge in [-0.05, 0) is 30.7 Å². The molecule has 7 heteroatoms. The molecular formula is C15H10ClFN2O2S. The first-order valence-corrected chi connectivity index (χ1v) is 7.68. The number of hydrogen-bond acceptors (Lipinski definition) is 5. The number of ether oxygens (including phenoxy) is 1. The van der Waals surface area contributed by atoms with Gasteiger partial charge in [0.2, 0.25) is 0 Å². The summed E-state index contributed by atoms with van der Waals surface area (Å²) in [6, 6.07) is 7.90. The number of carbonyl (C=O) groups is 1. The van der Waals surface area contributed by atoms with Crippen molar-refractivity contribution in [2.75, 3.05) is 6.61 Å². The molecule has 112 valence electrons. The molecule has 3 rings (SSSR count). The standard InChI is InChI=1S/C15H10ClFN2O2S/c1-2-21-15(20)12-13-10(14(16)19-18-12)7-11(22-13)8-3-5-9(17)6-4-8/h3-7H,2H2,1H3. The van der Waals surface area contributed by atoms with Crippen LogP contribution in [-0.4, -0.2) is 22.8 Å². The Balaban J connectivity index is 2.15. The molecule has 0 aliphatic heterocycles. The van der Waals surface area contributed by atoms with Crippen molar-refractivity contribution in [1.29, 1.82) is 0 Å². The zero-order valence-electron chi connectivity index (χ0n) is 11.5. The molecule has 0 fully saturated rings. The molecule has 0 spiro atoms. The molecule has 0 radical (unpaired) electrons. The van der Waals surface area contributed by atoms with Crippen LogP contribution in [0.2, 0.25) is 5.15 Å². The van der Waals surface area contributed by atoms with Gasteiger partial charge in [-0.2, -0.15) is 0 Å². The number of halogens is 2. The van der Waals surface area contributed by atoms with Gasteiger partial charge in [0, 0.05) is 10.3 Å². The third-order valence-corrected chi connectivity index (χ3v) is 4.47. The van der Waals surface area contributed by atoms with Crippen molar-refractivity contribution in [2.45, 2.75) is 6.92 Å². The van der Waals surface area contributed by atoms with Crippen LogP contribution < -0.4 is 0 Å². The van der Waals surface area contributed by atoms with Crippen molar-refractivity contribution < 1.29 is 13.9 Å². The van der Waals surface area contributed by atoms with Crippen molar-refractivity contribution >= 4 is 39.0 Å². The fourth-order valence-electron chi connectivity index (χ4n) is 2.00. The summed E-state index contributed by atoms with van der Waals surface area (Å²) in [6.07, 6.45) is 0. The van der Waals surface area contributed by atoms with E-state index in [0.29, 0.717) is 10.1 Å². The molecule has 3 aromatic rings. The second-order valence-electron chi connectivity index (χ2n) is 4.42. The molecule has 0 amide bonds. The van der Waals surface area contributed by atoms with E-state index in [4.69, 9.17) is 16.3 Å². The number of benzene rings is 1. The van der Waals surface area contributed by atoms with Gasteiger partial charge in [0.05, 0.1) is 11.3 Å². The Kier molecular flexibility index (Phi) is 4.04. The molecule has 0 N–H and O–H groups in total. The molecule has 1 aromatic carbocycles. The SMILES string of the molecule is CCOC(=O)c1nnc(Cl)c2cc(-c3ccc(F)cc3)sc12. The van der Waals surface area contributed by atoms with E-state index in [0.717, 1.165) is 10.4 Å². The minimum Gasteiger partial charge on any atom is -0.461 e. The largest absolute Gasteiger partial charge is 0.461 e. The van der Waals surface area contributed by atoms with Gasteiger partial charge in [-0.1, -0.05) is 23.7 Å². The number of fused-ring (bicyclic) bond motifs is 1. The summed E-state index contributed by atoms with van der Waals surface area (Å²) >= 11 is 7.40. The van der Waals surface area contributed by atoms with Gasteiger partial charge in [-0.3, -0.25) is 0 Å². The van der Waals surface area contributed by atoms with Crippen molar-refractivity contribution in [3.63, 3.8) is 0 Å². The third kappa shape index (κ3) is 2.67. The maximum Gasteiger partial charge on any atom is 0.360 e. The summed E-state index contributed by atoms with van der Waals surface area (Å²) in [5, 5.41) is 8.48. The lowest BCUT2D eigenvalue weighted by Crippen LogP contribution is -2.08. The van der Waals surface area contributed by atoms with Crippen LogP contribution in [0.1, 0.15) is 17.4 Å². The average molecular weight is 337 g/mol. The van der Waals surface area contributed by atoms with Gasteiger partial charge < -0.3 is 4.74 Å².